The van der Waals surface area contributed by atoms with Crippen molar-refractivity contribution in [2.75, 3.05) is 6.61 Å². The second kappa shape index (κ2) is 7.28. The van der Waals surface area contributed by atoms with Crippen LogP contribution >= 0.6 is 15.9 Å². The van der Waals surface area contributed by atoms with E-state index < -0.39 is 0 Å². The Morgan fingerprint density at radius 2 is 1.96 bits per heavy atom. The summed E-state index contributed by atoms with van der Waals surface area (Å²) in [5, 5.41) is 3.94. The van der Waals surface area contributed by atoms with Crippen LogP contribution < -0.4 is 5.69 Å². The van der Waals surface area contributed by atoms with Gasteiger partial charge in [-0.1, -0.05) is 45.4 Å². The van der Waals surface area contributed by atoms with Crippen molar-refractivity contribution in [2.45, 2.75) is 13.0 Å². The maximum absolute atomic E-state index is 11.9. The van der Waals surface area contributed by atoms with Gasteiger partial charge in [-0.2, -0.15) is 0 Å². The van der Waals surface area contributed by atoms with Crippen molar-refractivity contribution < 1.29 is 4.84 Å². The van der Waals surface area contributed by atoms with E-state index in [0.29, 0.717) is 19.6 Å². The molecule has 0 bridgehead atoms. The van der Waals surface area contributed by atoms with E-state index in [2.05, 4.69) is 26.1 Å². The number of aromatic nitrogens is 2. The van der Waals surface area contributed by atoms with Crippen LogP contribution in [-0.4, -0.2) is 22.4 Å². The van der Waals surface area contributed by atoms with Gasteiger partial charge in [0.05, 0.1) is 17.2 Å². The van der Waals surface area contributed by atoms with Gasteiger partial charge in [0.25, 0.3) is 0 Å². The van der Waals surface area contributed by atoms with Crippen molar-refractivity contribution in [1.82, 2.24) is 9.55 Å². The summed E-state index contributed by atoms with van der Waals surface area (Å²) in [5.74, 6) is 0. The summed E-state index contributed by atoms with van der Waals surface area (Å²) in [7, 11) is 0. The lowest BCUT2D eigenvalue weighted by atomic mass is 10.2. The number of aryl methyl sites for hydroxylation is 1. The average molecular weight is 374 g/mol. The van der Waals surface area contributed by atoms with Gasteiger partial charge in [-0.25, -0.2) is 4.79 Å². The molecule has 5 nitrogen and oxygen atoms in total. The highest BCUT2D eigenvalue weighted by molar-refractivity contribution is 9.10. The lowest BCUT2D eigenvalue weighted by molar-refractivity contribution is 0.140. The van der Waals surface area contributed by atoms with Crippen LogP contribution in [0.3, 0.4) is 0 Å². The Morgan fingerprint density at radius 1 is 1.17 bits per heavy atom. The Hall–Kier alpha value is -2.34. The predicted octanol–water partition coefficient (Wildman–Crippen LogP) is 3.53. The third-order valence-corrected chi connectivity index (χ3v) is 3.97. The van der Waals surface area contributed by atoms with Gasteiger partial charge in [0.2, 0.25) is 0 Å². The molecule has 23 heavy (non-hydrogen) atoms. The molecule has 1 N–H and O–H groups in total. The fraction of sp³-hybridized carbons (Fsp3) is 0.176. The van der Waals surface area contributed by atoms with Gasteiger partial charge in [-0.15, -0.1) is 0 Å². The van der Waals surface area contributed by atoms with Crippen molar-refractivity contribution in [3.8, 4) is 0 Å². The number of halogens is 1. The van der Waals surface area contributed by atoms with Crippen molar-refractivity contribution >= 4 is 33.2 Å². The molecule has 0 atom stereocenters. The van der Waals surface area contributed by atoms with Gasteiger partial charge in [0.15, 0.2) is 0 Å². The average Bonchev–Trinajstić information content (AvgIpc) is 2.88. The number of aromatic amines is 1. The number of hydrogen-bond acceptors (Lipinski definition) is 3. The fourth-order valence-electron chi connectivity index (χ4n) is 2.32. The molecule has 0 radical (unpaired) electrons. The van der Waals surface area contributed by atoms with Gasteiger partial charge >= 0.3 is 5.69 Å². The van der Waals surface area contributed by atoms with Crippen molar-refractivity contribution in [3.63, 3.8) is 0 Å². The molecule has 0 amide bonds. The highest BCUT2D eigenvalue weighted by atomic mass is 79.9. The zero-order valence-corrected chi connectivity index (χ0v) is 14.0. The number of oxime groups is 1. The molecule has 0 saturated heterocycles. The molecular weight excluding hydrogens is 358 g/mol. The molecule has 2 aromatic carbocycles. The Morgan fingerprint density at radius 3 is 2.78 bits per heavy atom. The normalized spacial score (nSPS) is 11.3. The van der Waals surface area contributed by atoms with E-state index in [0.717, 1.165) is 21.1 Å². The number of para-hydroxylation sites is 2. The zero-order valence-electron chi connectivity index (χ0n) is 12.4. The van der Waals surface area contributed by atoms with Crippen molar-refractivity contribution in [3.05, 3.63) is 69.1 Å². The van der Waals surface area contributed by atoms with E-state index in [1.807, 2.05) is 48.5 Å². The van der Waals surface area contributed by atoms with Crippen molar-refractivity contribution in [1.29, 1.82) is 0 Å². The Kier molecular flexibility index (Phi) is 4.92. The van der Waals surface area contributed by atoms with E-state index in [1.54, 1.807) is 10.8 Å². The maximum Gasteiger partial charge on any atom is 0.326 e. The van der Waals surface area contributed by atoms with Crippen LogP contribution in [0.1, 0.15) is 12.0 Å². The summed E-state index contributed by atoms with van der Waals surface area (Å²) in [4.78, 5) is 20.0. The van der Waals surface area contributed by atoms with Crippen LogP contribution in [0.5, 0.6) is 0 Å². The largest absolute Gasteiger partial charge is 0.396 e. The third-order valence-electron chi connectivity index (χ3n) is 3.45. The summed E-state index contributed by atoms with van der Waals surface area (Å²) in [6, 6.07) is 15.4. The fourth-order valence-corrected chi connectivity index (χ4v) is 2.58. The minimum Gasteiger partial charge on any atom is -0.396 e. The minimum atomic E-state index is -0.0930. The van der Waals surface area contributed by atoms with Crippen LogP contribution in [0, 0.1) is 0 Å². The molecule has 0 aliphatic heterocycles. The molecular formula is C17H16BrN3O2. The molecule has 0 spiro atoms. The lowest BCUT2D eigenvalue weighted by Gasteiger charge is -2.02. The quantitative estimate of drug-likeness (QED) is 0.408. The van der Waals surface area contributed by atoms with Gasteiger partial charge < -0.3 is 9.82 Å². The minimum absolute atomic E-state index is 0.0930. The zero-order chi connectivity index (χ0) is 16.1. The van der Waals surface area contributed by atoms with Crippen LogP contribution in [0.2, 0.25) is 0 Å². The maximum atomic E-state index is 11.9. The molecule has 0 saturated carbocycles. The van der Waals surface area contributed by atoms with Gasteiger partial charge in [-0.3, -0.25) is 4.57 Å². The lowest BCUT2D eigenvalue weighted by Crippen LogP contribution is -2.17. The van der Waals surface area contributed by atoms with E-state index in [9.17, 15) is 4.79 Å². The molecule has 3 rings (SSSR count). The number of hydrogen-bond donors (Lipinski definition) is 1. The first-order valence-electron chi connectivity index (χ1n) is 7.32. The molecule has 3 aromatic rings. The molecule has 0 aliphatic carbocycles. The number of rotatable bonds is 6. The summed E-state index contributed by atoms with van der Waals surface area (Å²) in [6.07, 6.45) is 2.38. The Balaban J connectivity index is 1.50. The Labute approximate surface area is 141 Å². The molecule has 1 heterocycles. The SMILES string of the molecule is O=c1[nH]c2ccccc2n1CCCO/N=C\c1ccc(Br)cc1. The number of H-pyrrole nitrogens is 1. The third kappa shape index (κ3) is 3.90. The van der Waals surface area contributed by atoms with Crippen molar-refractivity contribution in [2.24, 2.45) is 5.16 Å². The summed E-state index contributed by atoms with van der Waals surface area (Å²) < 4.78 is 2.75. The molecule has 1 aromatic heterocycles. The first-order chi connectivity index (χ1) is 11.2. The second-order valence-corrected chi connectivity index (χ2v) is 5.99. The second-order valence-electron chi connectivity index (χ2n) is 5.07. The molecule has 0 unspecified atom stereocenters. The monoisotopic (exact) mass is 373 g/mol. The van der Waals surface area contributed by atoms with Crippen LogP contribution in [0.15, 0.2) is 63.0 Å². The van der Waals surface area contributed by atoms with Crippen LogP contribution in [-0.2, 0) is 11.4 Å². The predicted molar refractivity (Wildman–Crippen MR) is 94.9 cm³/mol. The van der Waals surface area contributed by atoms with Gasteiger partial charge in [-0.05, 0) is 29.8 Å². The highest BCUT2D eigenvalue weighted by Crippen LogP contribution is 2.10. The molecule has 118 valence electrons. The topological polar surface area (TPSA) is 59.4 Å². The van der Waals surface area contributed by atoms with Gasteiger partial charge in [0.1, 0.15) is 6.61 Å². The highest BCUT2D eigenvalue weighted by Gasteiger charge is 2.04. The number of imidazole rings is 1. The molecule has 0 fully saturated rings. The number of nitrogens with one attached hydrogen (secondary N) is 1. The number of nitrogens with zero attached hydrogens (tertiary/aromatic N) is 2. The van der Waals surface area contributed by atoms with E-state index in [-0.39, 0.29) is 5.69 Å². The Bertz CT molecular complexity index is 865. The number of benzene rings is 2. The van der Waals surface area contributed by atoms with Gasteiger partial charge in [0, 0.05) is 17.4 Å². The number of fused-ring (bicyclic) bond motifs is 1. The summed E-state index contributed by atoms with van der Waals surface area (Å²) in [5.41, 5.74) is 2.65. The molecule has 6 heteroatoms. The summed E-state index contributed by atoms with van der Waals surface area (Å²) in [6.45, 7) is 1.05. The van der Waals surface area contributed by atoms with E-state index in [1.165, 1.54) is 0 Å². The molecule has 0 aliphatic rings. The summed E-state index contributed by atoms with van der Waals surface area (Å²) >= 11 is 3.38. The van der Waals surface area contributed by atoms with Crippen LogP contribution in [0.25, 0.3) is 11.0 Å². The first kappa shape index (κ1) is 15.6. The first-order valence-corrected chi connectivity index (χ1v) is 8.12. The van der Waals surface area contributed by atoms with Crippen LogP contribution in [0.4, 0.5) is 0 Å². The standard InChI is InChI=1S/C17H16BrN3O2/c18-14-8-6-13(7-9-14)12-19-23-11-3-10-21-16-5-2-1-4-15(16)20-17(21)22/h1-2,4-9,12H,3,10-11H2,(H,20,22)/b19-12-. The van der Waals surface area contributed by atoms with E-state index >= 15 is 0 Å². The smallest absolute Gasteiger partial charge is 0.326 e. The van der Waals surface area contributed by atoms with E-state index in [4.69, 9.17) is 4.84 Å².